The fourth-order valence-electron chi connectivity index (χ4n) is 7.88. The molecule has 0 aromatic heterocycles. The minimum absolute atomic E-state index is 0.0995. The SMILES string of the molecule is [2H]c1c([2H])c(N(c2ccc(-c3cc4ccccc4c4ccccc34)cc2)c2ccccc2-c2ccccc2)c([2H])c([2H])c1-c1cccc(-c2cccc3ccccc23)c1. The van der Waals surface area contributed by atoms with Crippen molar-refractivity contribution in [3.63, 3.8) is 0 Å². The summed E-state index contributed by atoms with van der Waals surface area (Å²) in [5.74, 6) is 0. The minimum Gasteiger partial charge on any atom is -0.310 e. The van der Waals surface area contributed by atoms with Crippen molar-refractivity contribution in [1.82, 2.24) is 0 Å². The van der Waals surface area contributed by atoms with Gasteiger partial charge in [0.25, 0.3) is 0 Å². The quantitative estimate of drug-likeness (QED) is 0.149. The van der Waals surface area contributed by atoms with Crippen LogP contribution in [0.5, 0.6) is 0 Å². The molecule has 0 aliphatic rings. The zero-order chi connectivity index (χ0) is 40.0. The van der Waals surface area contributed by atoms with Crippen molar-refractivity contribution in [2.24, 2.45) is 0 Å². The van der Waals surface area contributed by atoms with Crippen LogP contribution in [0.25, 0.3) is 76.8 Å². The van der Waals surface area contributed by atoms with Crippen LogP contribution < -0.4 is 4.90 Å². The lowest BCUT2D eigenvalue weighted by Gasteiger charge is -2.28. The van der Waals surface area contributed by atoms with Crippen molar-refractivity contribution < 1.29 is 5.48 Å². The van der Waals surface area contributed by atoms with Gasteiger partial charge in [-0.1, -0.05) is 182 Å². The van der Waals surface area contributed by atoms with Crippen molar-refractivity contribution in [2.45, 2.75) is 0 Å². The third kappa shape index (κ3) is 6.02. The highest BCUT2D eigenvalue weighted by atomic mass is 15.1. The van der Waals surface area contributed by atoms with E-state index in [9.17, 15) is 5.48 Å². The molecule has 0 amide bonds. The van der Waals surface area contributed by atoms with Crippen LogP contribution in [0.3, 0.4) is 0 Å². The molecule has 0 spiro atoms. The van der Waals surface area contributed by atoms with Crippen molar-refractivity contribution in [3.8, 4) is 44.5 Å². The lowest BCUT2D eigenvalue weighted by molar-refractivity contribution is 1.28. The second-order valence-corrected chi connectivity index (χ2v) is 13.8. The molecule has 0 saturated carbocycles. The molecule has 258 valence electrons. The first kappa shape index (κ1) is 28.3. The average Bonchev–Trinajstić information content (AvgIpc) is 3.30. The first-order chi connectivity index (χ1) is 29.0. The first-order valence-electron chi connectivity index (χ1n) is 20.6. The summed E-state index contributed by atoms with van der Waals surface area (Å²) in [5, 5.41) is 6.95. The summed E-state index contributed by atoms with van der Waals surface area (Å²) in [4.78, 5) is 1.89. The van der Waals surface area contributed by atoms with Crippen LogP contribution in [-0.4, -0.2) is 0 Å². The Morgan fingerprint density at radius 2 is 0.855 bits per heavy atom. The molecule has 1 heteroatoms. The monoisotopic (exact) mass is 703 g/mol. The van der Waals surface area contributed by atoms with E-state index in [0.717, 1.165) is 60.6 Å². The molecule has 0 aliphatic carbocycles. The van der Waals surface area contributed by atoms with Crippen LogP contribution >= 0.6 is 0 Å². The van der Waals surface area contributed by atoms with Crippen LogP contribution in [-0.2, 0) is 0 Å². The van der Waals surface area contributed by atoms with E-state index in [1.807, 2.05) is 114 Å². The molecule has 10 aromatic carbocycles. The zero-order valence-corrected chi connectivity index (χ0v) is 30.0. The van der Waals surface area contributed by atoms with Crippen LogP contribution in [0, 0.1) is 0 Å². The van der Waals surface area contributed by atoms with E-state index in [1.54, 1.807) is 0 Å². The Morgan fingerprint density at radius 1 is 0.291 bits per heavy atom. The molecule has 0 bridgehead atoms. The van der Waals surface area contributed by atoms with E-state index in [0.29, 0.717) is 11.3 Å². The van der Waals surface area contributed by atoms with E-state index >= 15 is 0 Å². The molecule has 55 heavy (non-hydrogen) atoms. The molecule has 0 fully saturated rings. The van der Waals surface area contributed by atoms with Gasteiger partial charge in [-0.2, -0.15) is 0 Å². The van der Waals surface area contributed by atoms with E-state index < -0.39 is 0 Å². The lowest BCUT2D eigenvalue weighted by atomic mass is 9.93. The predicted octanol–water partition coefficient (Wildman–Crippen LogP) is 15.3. The summed E-state index contributed by atoms with van der Waals surface area (Å²) in [6.45, 7) is 0. The van der Waals surface area contributed by atoms with Crippen LogP contribution in [0.15, 0.2) is 224 Å². The summed E-state index contributed by atoms with van der Waals surface area (Å²) in [6.07, 6.45) is 0. The van der Waals surface area contributed by atoms with Gasteiger partial charge in [0, 0.05) is 16.9 Å². The van der Waals surface area contributed by atoms with Gasteiger partial charge >= 0.3 is 0 Å². The standard InChI is InChI=1S/C54H37N/c1-2-14-40(15-3-1)50-23-10-11-27-54(50)55(46-34-30-41(31-35-46)53-37-44-17-5-7-22-49(44)51-24-8-9-25-52(51)53)45-32-28-38(29-33-45)42-19-12-20-43(36-42)48-26-13-18-39-16-4-6-21-47(39)48/h1-37H/i28D,29D,32D,33D. The highest BCUT2D eigenvalue weighted by molar-refractivity contribution is 6.13. The number of rotatable bonds is 7. The molecule has 0 saturated heterocycles. The normalized spacial score (nSPS) is 12.3. The fraction of sp³-hybridized carbons (Fsp3) is 0. The molecule has 10 rings (SSSR count). The topological polar surface area (TPSA) is 3.24 Å². The number of hydrogen-bond donors (Lipinski definition) is 0. The summed E-state index contributed by atoms with van der Waals surface area (Å²) < 4.78 is 38.4. The maximum atomic E-state index is 9.66. The minimum atomic E-state index is -0.121. The largest absolute Gasteiger partial charge is 0.310 e. The molecular formula is C54H37N. The van der Waals surface area contributed by atoms with Gasteiger partial charge in [0.1, 0.15) is 0 Å². The maximum absolute atomic E-state index is 9.66. The third-order valence-corrected chi connectivity index (χ3v) is 10.5. The van der Waals surface area contributed by atoms with Gasteiger partial charge in [0.05, 0.1) is 11.2 Å². The highest BCUT2D eigenvalue weighted by Crippen LogP contribution is 2.43. The summed E-state index contributed by atoms with van der Waals surface area (Å²) >= 11 is 0. The maximum Gasteiger partial charge on any atom is 0.0645 e. The van der Waals surface area contributed by atoms with Gasteiger partial charge < -0.3 is 4.90 Å². The molecule has 0 heterocycles. The van der Waals surface area contributed by atoms with Gasteiger partial charge in [-0.25, -0.2) is 0 Å². The Bertz CT molecular complexity index is 3180. The summed E-state index contributed by atoms with van der Waals surface area (Å²) in [5.41, 5.74) is 8.55. The van der Waals surface area contributed by atoms with Gasteiger partial charge in [-0.05, 0) is 114 Å². The van der Waals surface area contributed by atoms with Crippen LogP contribution in [0.4, 0.5) is 17.1 Å². The van der Waals surface area contributed by atoms with E-state index in [-0.39, 0.29) is 35.4 Å². The van der Waals surface area contributed by atoms with E-state index in [1.165, 1.54) is 10.8 Å². The number of fused-ring (bicyclic) bond motifs is 4. The van der Waals surface area contributed by atoms with E-state index in [2.05, 4.69) is 91.0 Å². The third-order valence-electron chi connectivity index (χ3n) is 10.5. The Kier molecular flexibility index (Phi) is 7.19. The smallest absolute Gasteiger partial charge is 0.0645 e. The molecule has 0 radical (unpaired) electrons. The molecular weight excluding hydrogens is 663 g/mol. The Hall–Kier alpha value is -7.22. The average molecular weight is 704 g/mol. The number of benzene rings is 10. The van der Waals surface area contributed by atoms with Gasteiger partial charge in [0.2, 0.25) is 0 Å². The van der Waals surface area contributed by atoms with Crippen molar-refractivity contribution in [3.05, 3.63) is 224 Å². The van der Waals surface area contributed by atoms with Crippen molar-refractivity contribution in [2.75, 3.05) is 4.90 Å². The zero-order valence-electron chi connectivity index (χ0n) is 34.0. The molecule has 0 unspecified atom stereocenters. The summed E-state index contributed by atoms with van der Waals surface area (Å²) in [6, 6.07) is 67.2. The van der Waals surface area contributed by atoms with Gasteiger partial charge in [-0.15, -0.1) is 0 Å². The second-order valence-electron chi connectivity index (χ2n) is 13.8. The van der Waals surface area contributed by atoms with Crippen LogP contribution in [0.2, 0.25) is 0 Å². The highest BCUT2D eigenvalue weighted by Gasteiger charge is 2.18. The Labute approximate surface area is 327 Å². The number of anilines is 3. The van der Waals surface area contributed by atoms with Crippen molar-refractivity contribution in [1.29, 1.82) is 0 Å². The fourth-order valence-corrected chi connectivity index (χ4v) is 7.88. The molecule has 1 nitrogen and oxygen atoms in total. The molecule has 0 N–H and O–H groups in total. The van der Waals surface area contributed by atoms with Gasteiger partial charge in [-0.3, -0.25) is 0 Å². The Morgan fingerprint density at radius 3 is 1.67 bits per heavy atom. The first-order valence-corrected chi connectivity index (χ1v) is 18.6. The Balaban J connectivity index is 1.15. The summed E-state index contributed by atoms with van der Waals surface area (Å²) in [7, 11) is 0. The second kappa shape index (κ2) is 14.0. The number of hydrogen-bond acceptors (Lipinski definition) is 1. The van der Waals surface area contributed by atoms with E-state index in [4.69, 9.17) is 0 Å². The number of para-hydroxylation sites is 1. The van der Waals surface area contributed by atoms with Crippen molar-refractivity contribution >= 4 is 49.4 Å². The van der Waals surface area contributed by atoms with Crippen LogP contribution in [0.1, 0.15) is 5.48 Å². The van der Waals surface area contributed by atoms with Gasteiger partial charge in [0.15, 0.2) is 0 Å². The molecule has 0 atom stereocenters. The lowest BCUT2D eigenvalue weighted by Crippen LogP contribution is -2.11. The number of nitrogens with zero attached hydrogens (tertiary/aromatic N) is 1. The predicted molar refractivity (Wildman–Crippen MR) is 235 cm³/mol. The molecule has 10 aromatic rings. The molecule has 0 aliphatic heterocycles.